The Labute approximate surface area is 146 Å². The fourth-order valence-corrected chi connectivity index (χ4v) is 3.13. The number of hydrogen-bond acceptors (Lipinski definition) is 3. The van der Waals surface area contributed by atoms with E-state index in [0.29, 0.717) is 18.4 Å². The molecule has 1 amide bonds. The van der Waals surface area contributed by atoms with Crippen LogP contribution in [0.15, 0.2) is 24.3 Å². The maximum Gasteiger partial charge on any atom is 0.251 e. The molecule has 4 heteroatoms. The Balaban J connectivity index is 1.85. The lowest BCUT2D eigenvalue weighted by Gasteiger charge is -2.31. The van der Waals surface area contributed by atoms with Crippen molar-refractivity contribution >= 4 is 5.91 Å². The van der Waals surface area contributed by atoms with Crippen LogP contribution in [0.4, 0.5) is 0 Å². The van der Waals surface area contributed by atoms with Crippen LogP contribution in [-0.2, 0) is 6.54 Å². The molecule has 0 saturated carbocycles. The molecule has 1 aliphatic heterocycles. The van der Waals surface area contributed by atoms with Crippen LogP contribution in [0.2, 0.25) is 0 Å². The highest BCUT2D eigenvalue weighted by atomic mass is 16.3. The highest BCUT2D eigenvalue weighted by Gasteiger charge is 2.19. The van der Waals surface area contributed by atoms with Gasteiger partial charge in [-0.05, 0) is 62.4 Å². The first kappa shape index (κ1) is 18.9. The predicted octanol–water partition coefficient (Wildman–Crippen LogP) is 3.06. The molecule has 1 aromatic carbocycles. The first-order chi connectivity index (χ1) is 11.5. The summed E-state index contributed by atoms with van der Waals surface area (Å²) in [5, 5.41) is 12.3. The number of likely N-dealkylation sites (tertiary alicyclic amines) is 1. The van der Waals surface area contributed by atoms with Crippen LogP contribution in [0, 0.1) is 11.8 Å². The highest BCUT2D eigenvalue weighted by molar-refractivity contribution is 5.94. The highest BCUT2D eigenvalue weighted by Crippen LogP contribution is 2.18. The maximum absolute atomic E-state index is 12.3. The van der Waals surface area contributed by atoms with Gasteiger partial charge >= 0.3 is 0 Å². The van der Waals surface area contributed by atoms with Gasteiger partial charge in [0.15, 0.2) is 0 Å². The van der Waals surface area contributed by atoms with Crippen LogP contribution < -0.4 is 5.32 Å². The van der Waals surface area contributed by atoms with Gasteiger partial charge in [0, 0.05) is 24.8 Å². The molecule has 0 radical (unpaired) electrons. The minimum atomic E-state index is 0.0121. The van der Waals surface area contributed by atoms with Gasteiger partial charge in [0.25, 0.3) is 5.91 Å². The zero-order valence-electron chi connectivity index (χ0n) is 15.3. The molecule has 1 aliphatic rings. The van der Waals surface area contributed by atoms with Crippen LogP contribution in [0.25, 0.3) is 0 Å². The molecule has 1 heterocycles. The monoisotopic (exact) mass is 332 g/mol. The molecule has 4 nitrogen and oxygen atoms in total. The van der Waals surface area contributed by atoms with E-state index >= 15 is 0 Å². The molecule has 1 aromatic rings. The first-order valence-corrected chi connectivity index (χ1v) is 9.26. The molecule has 0 aliphatic carbocycles. The molecule has 2 unspecified atom stereocenters. The Bertz CT molecular complexity index is 507. The quantitative estimate of drug-likeness (QED) is 0.807. The molecular formula is C20H32N2O2. The average Bonchev–Trinajstić information content (AvgIpc) is 2.62. The molecule has 0 spiro atoms. The number of nitrogens with one attached hydrogen (secondary N) is 1. The lowest BCUT2D eigenvalue weighted by atomic mass is 9.97. The zero-order valence-corrected chi connectivity index (χ0v) is 15.3. The molecule has 134 valence electrons. The van der Waals surface area contributed by atoms with Crippen LogP contribution in [0.3, 0.4) is 0 Å². The van der Waals surface area contributed by atoms with E-state index in [0.717, 1.165) is 44.5 Å². The number of aliphatic hydroxyl groups is 1. The van der Waals surface area contributed by atoms with Crippen molar-refractivity contribution in [1.82, 2.24) is 10.2 Å². The maximum atomic E-state index is 12.3. The molecule has 1 saturated heterocycles. The summed E-state index contributed by atoms with van der Waals surface area (Å²) in [6.45, 7) is 9.69. The van der Waals surface area contributed by atoms with Crippen LogP contribution >= 0.6 is 0 Å². The Morgan fingerprint density at radius 2 is 1.88 bits per heavy atom. The van der Waals surface area contributed by atoms with Gasteiger partial charge in [-0.1, -0.05) is 32.4 Å². The average molecular weight is 332 g/mol. The molecule has 0 bridgehead atoms. The van der Waals surface area contributed by atoms with Gasteiger partial charge in [0.1, 0.15) is 0 Å². The summed E-state index contributed by atoms with van der Waals surface area (Å²) in [5.41, 5.74) is 1.97. The first-order valence-electron chi connectivity index (χ1n) is 9.26. The van der Waals surface area contributed by atoms with Gasteiger partial charge in [0.2, 0.25) is 0 Å². The normalized spacial score (nSPS) is 19.0. The Hall–Kier alpha value is -1.39. The number of carbonyl (C=O) groups excluding carboxylic acids is 1. The number of hydrogen-bond donors (Lipinski definition) is 2. The summed E-state index contributed by atoms with van der Waals surface area (Å²) in [5.74, 6) is 0.966. The van der Waals surface area contributed by atoms with Crippen molar-refractivity contribution in [2.24, 2.45) is 11.8 Å². The van der Waals surface area contributed by atoms with E-state index in [1.165, 1.54) is 5.56 Å². The lowest BCUT2D eigenvalue weighted by molar-refractivity contribution is 0.0928. The summed E-state index contributed by atoms with van der Waals surface area (Å²) >= 11 is 0. The van der Waals surface area contributed by atoms with Crippen LogP contribution in [0.5, 0.6) is 0 Å². The number of aliphatic hydroxyl groups excluding tert-OH is 1. The van der Waals surface area contributed by atoms with E-state index in [2.05, 4.69) is 43.1 Å². The third-order valence-electron chi connectivity index (χ3n) is 5.44. The largest absolute Gasteiger partial charge is 0.396 e. The topological polar surface area (TPSA) is 52.6 Å². The number of carbonyl (C=O) groups is 1. The summed E-state index contributed by atoms with van der Waals surface area (Å²) in [4.78, 5) is 14.7. The second kappa shape index (κ2) is 9.19. The summed E-state index contributed by atoms with van der Waals surface area (Å²) in [7, 11) is 0. The summed E-state index contributed by atoms with van der Waals surface area (Å²) in [6.07, 6.45) is 3.21. The fraction of sp³-hybridized carbons (Fsp3) is 0.650. The van der Waals surface area contributed by atoms with Crippen LogP contribution in [-0.4, -0.2) is 41.7 Å². The zero-order chi connectivity index (χ0) is 17.5. The second-order valence-electron chi connectivity index (χ2n) is 7.25. The molecule has 2 atom stereocenters. The van der Waals surface area contributed by atoms with Gasteiger partial charge < -0.3 is 10.4 Å². The third kappa shape index (κ3) is 5.32. The third-order valence-corrected chi connectivity index (χ3v) is 5.44. The standard InChI is InChI=1S/C20H32N2O2/c1-4-15(2)16(3)21-20(24)19-7-5-17(6-8-19)13-22-11-9-18(14-23)10-12-22/h5-8,15-16,18,23H,4,9-14H2,1-3H3,(H,21,24). The molecule has 2 rings (SSSR count). The smallest absolute Gasteiger partial charge is 0.251 e. The minimum absolute atomic E-state index is 0.0121. The van der Waals surface area contributed by atoms with E-state index in [9.17, 15) is 9.90 Å². The van der Waals surface area contributed by atoms with Crippen molar-refractivity contribution in [2.45, 2.75) is 52.6 Å². The van der Waals surface area contributed by atoms with Gasteiger partial charge in [-0.25, -0.2) is 0 Å². The van der Waals surface area contributed by atoms with Crippen LogP contribution in [0.1, 0.15) is 56.0 Å². The van der Waals surface area contributed by atoms with E-state index in [1.54, 1.807) is 0 Å². The number of nitrogens with zero attached hydrogens (tertiary/aromatic N) is 1. The number of piperidine rings is 1. The van der Waals surface area contributed by atoms with E-state index < -0.39 is 0 Å². The minimum Gasteiger partial charge on any atom is -0.396 e. The number of benzene rings is 1. The molecule has 1 fully saturated rings. The van der Waals surface area contributed by atoms with Crippen molar-refractivity contribution < 1.29 is 9.90 Å². The van der Waals surface area contributed by atoms with Crippen molar-refractivity contribution in [1.29, 1.82) is 0 Å². The Kier molecular flexibility index (Phi) is 7.25. The van der Waals surface area contributed by atoms with Gasteiger partial charge in [-0.3, -0.25) is 9.69 Å². The van der Waals surface area contributed by atoms with Gasteiger partial charge in [-0.2, -0.15) is 0 Å². The number of amides is 1. The predicted molar refractivity (Wildman–Crippen MR) is 97.9 cm³/mol. The second-order valence-corrected chi connectivity index (χ2v) is 7.25. The number of rotatable bonds is 7. The van der Waals surface area contributed by atoms with Crippen molar-refractivity contribution in [3.05, 3.63) is 35.4 Å². The SMILES string of the molecule is CCC(C)C(C)NC(=O)c1ccc(CN2CCC(CO)CC2)cc1. The van der Waals surface area contributed by atoms with E-state index in [1.807, 2.05) is 12.1 Å². The van der Waals surface area contributed by atoms with E-state index in [4.69, 9.17) is 0 Å². The van der Waals surface area contributed by atoms with Gasteiger partial charge in [-0.15, -0.1) is 0 Å². The summed E-state index contributed by atoms with van der Waals surface area (Å²) in [6, 6.07) is 8.15. The molecule has 2 N–H and O–H groups in total. The van der Waals surface area contributed by atoms with Crippen molar-refractivity contribution in [3.8, 4) is 0 Å². The Morgan fingerprint density at radius 3 is 2.42 bits per heavy atom. The molecular weight excluding hydrogens is 300 g/mol. The van der Waals surface area contributed by atoms with E-state index in [-0.39, 0.29) is 11.9 Å². The Morgan fingerprint density at radius 1 is 1.25 bits per heavy atom. The van der Waals surface area contributed by atoms with Crippen molar-refractivity contribution in [2.75, 3.05) is 19.7 Å². The fourth-order valence-electron chi connectivity index (χ4n) is 3.13. The summed E-state index contributed by atoms with van der Waals surface area (Å²) < 4.78 is 0. The van der Waals surface area contributed by atoms with Crippen molar-refractivity contribution in [3.63, 3.8) is 0 Å². The van der Waals surface area contributed by atoms with Gasteiger partial charge in [0.05, 0.1) is 0 Å². The molecule has 0 aromatic heterocycles. The lowest BCUT2D eigenvalue weighted by Crippen LogP contribution is -2.37. The molecule has 24 heavy (non-hydrogen) atoms.